The van der Waals surface area contributed by atoms with E-state index in [4.69, 9.17) is 0 Å². The fourth-order valence-electron chi connectivity index (χ4n) is 0.984. The van der Waals surface area contributed by atoms with Crippen LogP contribution in [0.3, 0.4) is 0 Å². The van der Waals surface area contributed by atoms with E-state index in [9.17, 15) is 4.79 Å². The minimum absolute atomic E-state index is 0.219. The highest BCUT2D eigenvalue weighted by Gasteiger charge is 2.17. The molecule has 2 heteroatoms. The van der Waals surface area contributed by atoms with Crippen LogP contribution in [0.1, 0.15) is 40.0 Å². The van der Waals surface area contributed by atoms with Crippen molar-refractivity contribution in [2.45, 2.75) is 46.1 Å². The van der Waals surface area contributed by atoms with Crippen LogP contribution in [-0.4, -0.2) is 11.9 Å². The lowest BCUT2D eigenvalue weighted by Crippen LogP contribution is -2.23. The Morgan fingerprint density at radius 2 is 2.00 bits per heavy atom. The Morgan fingerprint density at radius 1 is 1.50 bits per heavy atom. The number of rotatable bonds is 1. The van der Waals surface area contributed by atoms with Crippen molar-refractivity contribution in [3.05, 3.63) is 13.2 Å². The van der Waals surface area contributed by atoms with Crippen LogP contribution in [0.5, 0.6) is 0 Å². The van der Waals surface area contributed by atoms with Crippen molar-refractivity contribution in [2.24, 2.45) is 0 Å². The second kappa shape index (κ2) is 10.2. The largest absolute Gasteiger partial charge is 0.353 e. The molecule has 1 aliphatic heterocycles. The zero-order chi connectivity index (χ0) is 9.98. The summed E-state index contributed by atoms with van der Waals surface area (Å²) in [6.45, 7) is 12.1. The van der Waals surface area contributed by atoms with Crippen molar-refractivity contribution in [3.63, 3.8) is 0 Å². The van der Waals surface area contributed by atoms with Gasteiger partial charge in [0.2, 0.25) is 5.91 Å². The van der Waals surface area contributed by atoms with Gasteiger partial charge in [-0.3, -0.25) is 4.79 Å². The molecule has 1 fully saturated rings. The van der Waals surface area contributed by atoms with Gasteiger partial charge in [-0.05, 0) is 12.8 Å². The molecule has 72 valence electrons. The second-order valence-corrected chi connectivity index (χ2v) is 2.21. The summed E-state index contributed by atoms with van der Waals surface area (Å²) in [5.41, 5.74) is 0. The van der Waals surface area contributed by atoms with E-state index in [0.717, 1.165) is 19.3 Å². The lowest BCUT2D eigenvalue weighted by atomic mass is 10.2. The summed E-state index contributed by atoms with van der Waals surface area (Å²) < 4.78 is 0. The Hall–Kier alpha value is -0.790. The maximum absolute atomic E-state index is 10.5. The zero-order valence-electron chi connectivity index (χ0n) is 8.52. The van der Waals surface area contributed by atoms with Gasteiger partial charge in [0.1, 0.15) is 0 Å². The molecule has 0 aliphatic carbocycles. The molecule has 1 atom stereocenters. The number of nitrogens with one attached hydrogen (secondary N) is 1. The molecular formula is C10H21NO. The van der Waals surface area contributed by atoms with Gasteiger partial charge in [0.25, 0.3) is 0 Å². The summed E-state index contributed by atoms with van der Waals surface area (Å²) in [4.78, 5) is 10.5. The van der Waals surface area contributed by atoms with E-state index in [1.54, 1.807) is 0 Å². The number of hydrogen-bond donors (Lipinski definition) is 1. The van der Waals surface area contributed by atoms with Gasteiger partial charge in [0.05, 0.1) is 0 Å². The normalized spacial score (nSPS) is 19.6. The van der Waals surface area contributed by atoms with Gasteiger partial charge in [-0.1, -0.05) is 20.8 Å². The molecule has 1 N–H and O–H groups in total. The maximum atomic E-state index is 10.5. The first kappa shape index (κ1) is 13.8. The monoisotopic (exact) mass is 171 g/mol. The first-order valence-corrected chi connectivity index (χ1v) is 4.62. The van der Waals surface area contributed by atoms with Gasteiger partial charge in [0.15, 0.2) is 0 Å². The molecule has 0 aromatic rings. The Labute approximate surface area is 76.1 Å². The van der Waals surface area contributed by atoms with E-state index in [2.05, 4.69) is 25.4 Å². The van der Waals surface area contributed by atoms with Crippen molar-refractivity contribution in [2.75, 3.05) is 0 Å². The Morgan fingerprint density at radius 3 is 2.17 bits per heavy atom. The van der Waals surface area contributed by atoms with Crippen LogP contribution >= 0.6 is 0 Å². The standard InChI is InChI=1S/C6H11NO.C2H6.C2H4/c1-2-5-3-4-6(8)7-5;2*1-2/h5H,2-4H2,1H3,(H,7,8);1-2H3;1-2H2/t5-;;/m1../s1. The Balaban J connectivity index is 0. The molecule has 0 spiro atoms. The summed E-state index contributed by atoms with van der Waals surface area (Å²) in [5, 5.41) is 2.86. The summed E-state index contributed by atoms with van der Waals surface area (Å²) >= 11 is 0. The number of carbonyl (C=O) groups is 1. The molecule has 0 aromatic heterocycles. The molecule has 0 radical (unpaired) electrons. The summed E-state index contributed by atoms with van der Waals surface area (Å²) in [5.74, 6) is 0.219. The van der Waals surface area contributed by atoms with E-state index < -0.39 is 0 Å². The van der Waals surface area contributed by atoms with Gasteiger partial charge in [0, 0.05) is 12.5 Å². The van der Waals surface area contributed by atoms with E-state index in [0.29, 0.717) is 6.04 Å². The van der Waals surface area contributed by atoms with Gasteiger partial charge in [-0.15, -0.1) is 13.2 Å². The lowest BCUT2D eigenvalue weighted by Gasteiger charge is -2.02. The predicted molar refractivity (Wildman–Crippen MR) is 54.1 cm³/mol. The van der Waals surface area contributed by atoms with Gasteiger partial charge < -0.3 is 5.32 Å². The fourth-order valence-corrected chi connectivity index (χ4v) is 0.984. The molecule has 1 rings (SSSR count). The van der Waals surface area contributed by atoms with Crippen molar-refractivity contribution in [1.82, 2.24) is 5.32 Å². The minimum atomic E-state index is 0.219. The summed E-state index contributed by atoms with van der Waals surface area (Å²) in [6, 6.07) is 0.475. The number of carbonyl (C=O) groups excluding carboxylic acids is 1. The highest BCUT2D eigenvalue weighted by Crippen LogP contribution is 2.08. The van der Waals surface area contributed by atoms with E-state index >= 15 is 0 Å². The molecule has 1 saturated heterocycles. The fraction of sp³-hybridized carbons (Fsp3) is 0.700. The van der Waals surface area contributed by atoms with Crippen LogP contribution in [0, 0.1) is 0 Å². The van der Waals surface area contributed by atoms with Crippen LogP contribution in [0.15, 0.2) is 13.2 Å². The molecule has 1 heterocycles. The Bertz CT molecular complexity index is 112. The Kier molecular flexibility index (Phi) is 11.7. The average Bonchev–Trinajstić information content (AvgIpc) is 2.58. The van der Waals surface area contributed by atoms with Crippen LogP contribution in [-0.2, 0) is 4.79 Å². The van der Waals surface area contributed by atoms with Crippen molar-refractivity contribution < 1.29 is 4.79 Å². The van der Waals surface area contributed by atoms with Crippen LogP contribution in [0.2, 0.25) is 0 Å². The first-order chi connectivity index (χ1) is 5.83. The summed E-state index contributed by atoms with van der Waals surface area (Å²) in [6.07, 6.45) is 2.85. The molecule has 0 aromatic carbocycles. The smallest absolute Gasteiger partial charge is 0.220 e. The summed E-state index contributed by atoms with van der Waals surface area (Å²) in [7, 11) is 0. The van der Waals surface area contributed by atoms with Gasteiger partial charge in [-0.2, -0.15) is 0 Å². The van der Waals surface area contributed by atoms with Crippen molar-refractivity contribution in [1.29, 1.82) is 0 Å². The average molecular weight is 171 g/mol. The molecule has 0 saturated carbocycles. The van der Waals surface area contributed by atoms with Gasteiger partial charge in [-0.25, -0.2) is 0 Å². The SMILES string of the molecule is C=C.CC.CC[C@@H]1CCC(=O)N1. The topological polar surface area (TPSA) is 29.1 Å². The van der Waals surface area contributed by atoms with E-state index in [1.165, 1.54) is 0 Å². The third-order valence-corrected chi connectivity index (χ3v) is 1.58. The predicted octanol–water partition coefficient (Wildman–Crippen LogP) is 2.50. The maximum Gasteiger partial charge on any atom is 0.220 e. The molecule has 12 heavy (non-hydrogen) atoms. The lowest BCUT2D eigenvalue weighted by molar-refractivity contribution is -0.119. The molecule has 1 aliphatic rings. The number of hydrogen-bond acceptors (Lipinski definition) is 1. The minimum Gasteiger partial charge on any atom is -0.353 e. The van der Waals surface area contributed by atoms with Crippen molar-refractivity contribution >= 4 is 5.91 Å². The van der Waals surface area contributed by atoms with Crippen molar-refractivity contribution in [3.8, 4) is 0 Å². The molecule has 0 unspecified atom stereocenters. The third-order valence-electron chi connectivity index (χ3n) is 1.58. The van der Waals surface area contributed by atoms with Crippen LogP contribution in [0.4, 0.5) is 0 Å². The van der Waals surface area contributed by atoms with Crippen LogP contribution < -0.4 is 5.32 Å². The molecule has 1 amide bonds. The molecule has 2 nitrogen and oxygen atoms in total. The number of amides is 1. The zero-order valence-corrected chi connectivity index (χ0v) is 8.52. The first-order valence-electron chi connectivity index (χ1n) is 4.62. The third kappa shape index (κ3) is 5.96. The van der Waals surface area contributed by atoms with Gasteiger partial charge >= 0.3 is 0 Å². The highest BCUT2D eigenvalue weighted by atomic mass is 16.1. The highest BCUT2D eigenvalue weighted by molar-refractivity contribution is 5.78. The van der Waals surface area contributed by atoms with E-state index in [-0.39, 0.29) is 5.91 Å². The molecule has 0 bridgehead atoms. The molecular weight excluding hydrogens is 150 g/mol. The van der Waals surface area contributed by atoms with Crippen LogP contribution in [0.25, 0.3) is 0 Å². The van der Waals surface area contributed by atoms with E-state index in [1.807, 2.05) is 13.8 Å². The quantitative estimate of drug-likeness (QED) is 0.603. The second-order valence-electron chi connectivity index (χ2n) is 2.21.